The van der Waals surface area contributed by atoms with Gasteiger partial charge in [-0.25, -0.2) is 13.2 Å². The zero-order valence-electron chi connectivity index (χ0n) is 15.1. The first-order valence-corrected chi connectivity index (χ1v) is 9.83. The third-order valence-corrected chi connectivity index (χ3v) is 6.52. The summed E-state index contributed by atoms with van der Waals surface area (Å²) < 4.78 is 27.0. The molecule has 7 nitrogen and oxygen atoms in total. The van der Waals surface area contributed by atoms with Crippen LogP contribution in [0.1, 0.15) is 31.4 Å². The van der Waals surface area contributed by atoms with Crippen molar-refractivity contribution in [2.75, 3.05) is 17.7 Å². The van der Waals surface area contributed by atoms with Crippen LogP contribution in [0.25, 0.3) is 0 Å². The number of benzene rings is 1. The summed E-state index contributed by atoms with van der Waals surface area (Å²) in [5, 5.41) is 9.35. The smallest absolute Gasteiger partial charge is 0.414 e. The molecular formula is C18H21NO6S. The molecule has 2 atom stereocenters. The Labute approximate surface area is 152 Å². The van der Waals surface area contributed by atoms with E-state index in [0.717, 1.165) is 24.3 Å². The fraction of sp³-hybridized carbons (Fsp3) is 0.444. The quantitative estimate of drug-likeness (QED) is 0.785. The number of anilines is 1. The van der Waals surface area contributed by atoms with Crippen molar-refractivity contribution in [1.29, 1.82) is 0 Å². The molecule has 1 fully saturated rings. The van der Waals surface area contributed by atoms with Crippen LogP contribution in [0.5, 0.6) is 0 Å². The first-order valence-electron chi connectivity index (χ1n) is 7.94. The number of carboxylic acids is 1. The molecule has 1 aromatic rings. The van der Waals surface area contributed by atoms with Crippen molar-refractivity contribution < 1.29 is 27.9 Å². The molecule has 1 aliphatic rings. The van der Waals surface area contributed by atoms with Crippen LogP contribution < -0.4 is 4.90 Å². The van der Waals surface area contributed by atoms with Gasteiger partial charge in [-0.3, -0.25) is 9.69 Å². The van der Waals surface area contributed by atoms with Crippen molar-refractivity contribution in [2.45, 2.75) is 38.0 Å². The lowest BCUT2D eigenvalue weighted by Crippen LogP contribution is -2.46. The monoisotopic (exact) mass is 379 g/mol. The number of hydrogen-bond acceptors (Lipinski definition) is 5. The molecule has 0 spiro atoms. The van der Waals surface area contributed by atoms with Crippen LogP contribution in [0.3, 0.4) is 0 Å². The molecule has 8 heteroatoms. The van der Waals surface area contributed by atoms with Gasteiger partial charge < -0.3 is 9.84 Å². The Morgan fingerprint density at radius 1 is 1.46 bits per heavy atom. The highest BCUT2D eigenvalue weighted by Gasteiger charge is 2.48. The maximum atomic E-state index is 12.2. The second kappa shape index (κ2) is 7.00. The SMILES string of the molecule is CC#Cc1ccc(N2CC(CC(C)(C(=O)O)S(C)(=O)=O)OC2=O)cc1C. The van der Waals surface area contributed by atoms with Crippen LogP contribution in [-0.4, -0.2) is 49.2 Å². The Kier molecular flexibility index (Phi) is 5.33. The van der Waals surface area contributed by atoms with E-state index in [1.165, 1.54) is 4.90 Å². The lowest BCUT2D eigenvalue weighted by Gasteiger charge is -2.24. The fourth-order valence-corrected chi connectivity index (χ4v) is 3.57. The minimum atomic E-state index is -3.89. The van der Waals surface area contributed by atoms with Crippen LogP contribution in [0.2, 0.25) is 0 Å². The summed E-state index contributed by atoms with van der Waals surface area (Å²) in [6.07, 6.45) is -0.924. The molecule has 1 aliphatic heterocycles. The molecular weight excluding hydrogens is 358 g/mol. The number of aliphatic carboxylic acids is 1. The Bertz CT molecular complexity index is 911. The van der Waals surface area contributed by atoms with Gasteiger partial charge in [-0.15, -0.1) is 5.92 Å². The molecule has 0 aliphatic carbocycles. The summed E-state index contributed by atoms with van der Waals surface area (Å²) >= 11 is 0. The number of nitrogens with zero attached hydrogens (tertiary/aromatic N) is 1. The molecule has 140 valence electrons. The van der Waals surface area contributed by atoms with E-state index in [1.54, 1.807) is 25.1 Å². The van der Waals surface area contributed by atoms with Gasteiger partial charge in [0.25, 0.3) is 0 Å². The molecule has 0 bridgehead atoms. The molecule has 26 heavy (non-hydrogen) atoms. The van der Waals surface area contributed by atoms with E-state index in [2.05, 4.69) is 11.8 Å². The van der Waals surface area contributed by atoms with Crippen LogP contribution in [0, 0.1) is 18.8 Å². The van der Waals surface area contributed by atoms with Gasteiger partial charge in [0.1, 0.15) is 6.10 Å². The Morgan fingerprint density at radius 2 is 2.12 bits per heavy atom. The van der Waals surface area contributed by atoms with E-state index in [1.807, 2.05) is 6.92 Å². The molecule has 0 saturated carbocycles. The normalized spacial score (nSPS) is 19.3. The fourth-order valence-electron chi connectivity index (χ4n) is 2.76. The van der Waals surface area contributed by atoms with E-state index in [9.17, 15) is 23.1 Å². The number of amides is 1. The number of cyclic esters (lactones) is 1. The van der Waals surface area contributed by atoms with Gasteiger partial charge in [-0.1, -0.05) is 5.92 Å². The van der Waals surface area contributed by atoms with Crippen LogP contribution in [0.15, 0.2) is 18.2 Å². The lowest BCUT2D eigenvalue weighted by molar-refractivity contribution is -0.140. The minimum absolute atomic E-state index is 0.0788. The maximum absolute atomic E-state index is 12.2. The van der Waals surface area contributed by atoms with Crippen LogP contribution in [0.4, 0.5) is 10.5 Å². The average molecular weight is 379 g/mol. The van der Waals surface area contributed by atoms with Crippen molar-refractivity contribution in [3.63, 3.8) is 0 Å². The minimum Gasteiger partial charge on any atom is -0.480 e. The van der Waals surface area contributed by atoms with Gasteiger partial charge >= 0.3 is 12.1 Å². The molecule has 1 saturated heterocycles. The predicted octanol–water partition coefficient (Wildman–Crippen LogP) is 1.97. The standard InChI is InChI=1S/C18H21NO6S/c1-5-6-13-7-8-14(9-12(13)2)19-11-15(25-17(19)22)10-18(3,16(20)21)26(4,23)24/h7-9,15H,10-11H2,1-4H3,(H,20,21). The molecule has 0 radical (unpaired) electrons. The molecule has 1 aromatic carbocycles. The number of aryl methyl sites for hydroxylation is 1. The Hall–Kier alpha value is -2.53. The van der Waals surface area contributed by atoms with Gasteiger partial charge in [0.05, 0.1) is 6.54 Å². The first kappa shape index (κ1) is 19.8. The molecule has 1 amide bonds. The number of carboxylic acid groups (broad SMARTS) is 1. The Balaban J connectivity index is 2.24. The highest BCUT2D eigenvalue weighted by Crippen LogP contribution is 2.30. The second-order valence-electron chi connectivity index (χ2n) is 6.50. The molecule has 2 rings (SSSR count). The van der Waals surface area contributed by atoms with E-state index >= 15 is 0 Å². The third-order valence-electron chi connectivity index (χ3n) is 4.54. The molecule has 1 N–H and O–H groups in total. The van der Waals surface area contributed by atoms with Crippen LogP contribution >= 0.6 is 0 Å². The summed E-state index contributed by atoms with van der Waals surface area (Å²) in [4.78, 5) is 25.0. The third kappa shape index (κ3) is 3.68. The number of sulfone groups is 1. The average Bonchev–Trinajstić information content (AvgIpc) is 2.88. The van der Waals surface area contributed by atoms with Gasteiger partial charge in [0, 0.05) is 23.9 Å². The summed E-state index contributed by atoms with van der Waals surface area (Å²) in [6, 6.07) is 5.30. The zero-order chi connectivity index (χ0) is 19.7. The van der Waals surface area contributed by atoms with Crippen molar-refractivity contribution >= 4 is 27.6 Å². The molecule has 1 heterocycles. The maximum Gasteiger partial charge on any atom is 0.414 e. The number of carbonyl (C=O) groups is 2. The summed E-state index contributed by atoms with van der Waals surface area (Å²) in [7, 11) is -3.89. The predicted molar refractivity (Wildman–Crippen MR) is 96.8 cm³/mol. The van der Waals surface area contributed by atoms with Crippen molar-refractivity contribution in [3.05, 3.63) is 29.3 Å². The number of carbonyl (C=O) groups excluding carboxylic acids is 1. The molecule has 0 aromatic heterocycles. The lowest BCUT2D eigenvalue weighted by atomic mass is 10.0. The van der Waals surface area contributed by atoms with Gasteiger partial charge in [-0.2, -0.15) is 0 Å². The number of rotatable bonds is 5. The van der Waals surface area contributed by atoms with Gasteiger partial charge in [0.2, 0.25) is 0 Å². The second-order valence-corrected chi connectivity index (χ2v) is 8.95. The summed E-state index contributed by atoms with van der Waals surface area (Å²) in [5.41, 5.74) is 2.32. The summed E-state index contributed by atoms with van der Waals surface area (Å²) in [5.74, 6) is 4.30. The largest absolute Gasteiger partial charge is 0.480 e. The van der Waals surface area contributed by atoms with Gasteiger partial charge in [-0.05, 0) is 44.5 Å². The topological polar surface area (TPSA) is 101 Å². The number of ether oxygens (including phenoxy) is 1. The van der Waals surface area contributed by atoms with Crippen molar-refractivity contribution in [2.24, 2.45) is 0 Å². The Morgan fingerprint density at radius 3 is 2.62 bits per heavy atom. The summed E-state index contributed by atoms with van der Waals surface area (Å²) in [6.45, 7) is 4.81. The van der Waals surface area contributed by atoms with Crippen molar-refractivity contribution in [3.8, 4) is 11.8 Å². The number of hydrogen-bond donors (Lipinski definition) is 1. The first-order chi connectivity index (χ1) is 12.0. The molecule has 2 unspecified atom stereocenters. The van der Waals surface area contributed by atoms with E-state index in [4.69, 9.17) is 4.74 Å². The van der Waals surface area contributed by atoms with E-state index < -0.39 is 32.8 Å². The van der Waals surface area contributed by atoms with Gasteiger partial charge in [0.15, 0.2) is 14.6 Å². The van der Waals surface area contributed by atoms with Crippen molar-refractivity contribution in [1.82, 2.24) is 0 Å². The van der Waals surface area contributed by atoms with Crippen LogP contribution in [-0.2, 0) is 19.4 Å². The van der Waals surface area contributed by atoms with E-state index in [-0.39, 0.29) is 13.0 Å². The highest BCUT2D eigenvalue weighted by atomic mass is 32.2. The van der Waals surface area contributed by atoms with E-state index in [0.29, 0.717) is 5.69 Å². The zero-order valence-corrected chi connectivity index (χ0v) is 15.9. The highest BCUT2D eigenvalue weighted by molar-refractivity contribution is 7.92.